The van der Waals surface area contributed by atoms with Gasteiger partial charge in [-0.25, -0.2) is 0 Å². The van der Waals surface area contributed by atoms with Gasteiger partial charge in [0.05, 0.1) is 17.3 Å². The summed E-state index contributed by atoms with van der Waals surface area (Å²) in [5, 5.41) is 33.2. The highest BCUT2D eigenvalue weighted by Gasteiger charge is 2.71. The molecule has 0 bridgehead atoms. The van der Waals surface area contributed by atoms with Gasteiger partial charge in [-0.2, -0.15) is 0 Å². The van der Waals surface area contributed by atoms with Gasteiger partial charge in [0, 0.05) is 11.8 Å². The molecule has 0 heterocycles. The fourth-order valence-electron chi connectivity index (χ4n) is 7.78. The quantitative estimate of drug-likeness (QED) is 0.669. The molecule has 0 aliphatic heterocycles. The van der Waals surface area contributed by atoms with Gasteiger partial charge < -0.3 is 20.1 Å². The van der Waals surface area contributed by atoms with Crippen molar-refractivity contribution in [3.8, 4) is 0 Å². The predicted molar refractivity (Wildman–Crippen MR) is 94.8 cm³/mol. The summed E-state index contributed by atoms with van der Waals surface area (Å²) < 4.78 is 0. The summed E-state index contributed by atoms with van der Waals surface area (Å²) in [4.78, 5) is 11.2. The molecule has 8 atom stereocenters. The zero-order valence-corrected chi connectivity index (χ0v) is 15.7. The first-order chi connectivity index (χ1) is 11.7. The van der Waals surface area contributed by atoms with Gasteiger partial charge in [-0.1, -0.05) is 13.8 Å². The fraction of sp³-hybridized carbons (Fsp3) is 0.952. The number of hydrogen-bond donors (Lipinski definition) is 3. The van der Waals surface area contributed by atoms with Crippen LogP contribution in [0.4, 0.5) is 0 Å². The lowest BCUT2D eigenvalue weighted by Crippen LogP contribution is -2.65. The van der Waals surface area contributed by atoms with Crippen LogP contribution in [0.5, 0.6) is 0 Å². The Morgan fingerprint density at radius 3 is 2.44 bits per heavy atom. The van der Waals surface area contributed by atoms with Crippen LogP contribution in [0.25, 0.3) is 0 Å². The van der Waals surface area contributed by atoms with Crippen molar-refractivity contribution in [2.75, 3.05) is 0 Å². The van der Waals surface area contributed by atoms with Crippen LogP contribution in [0.15, 0.2) is 0 Å². The number of carbonyl (C=O) groups is 1. The molecule has 0 radical (unpaired) electrons. The maximum Gasteiger partial charge on any atom is 0.122 e. The van der Waals surface area contributed by atoms with Gasteiger partial charge in [0.2, 0.25) is 0 Å². The average molecular weight is 350 g/mol. The molecule has 4 aliphatic carbocycles. The standard InChI is InChI=1S/C21H34O4/c1-18-7-5-15(23)13-14(18)3-4-17-16(18)6-8-19(2)20(24,11-12-22)9-10-21(17,19)25/h12,14-17,23-25H,3-11,13H2,1-2H3/t14-,15+,16?,17?,18+,19-,20+,21+/m1/s1. The van der Waals surface area contributed by atoms with Crippen LogP contribution in [0.1, 0.15) is 78.1 Å². The second-order valence-electron chi connectivity index (χ2n) is 10.1. The molecule has 0 aromatic rings. The molecular weight excluding hydrogens is 316 g/mol. The molecule has 0 saturated heterocycles. The molecule has 4 heteroatoms. The monoisotopic (exact) mass is 350 g/mol. The lowest BCUT2D eigenvalue weighted by Gasteiger charge is -2.64. The Labute approximate surface area is 151 Å². The number of fused-ring (bicyclic) bond motifs is 5. The molecule has 4 fully saturated rings. The van der Waals surface area contributed by atoms with Crippen molar-refractivity contribution >= 4 is 6.29 Å². The maximum atomic E-state index is 11.9. The summed E-state index contributed by atoms with van der Waals surface area (Å²) in [6.07, 6.45) is 8.64. The number of hydrogen-bond acceptors (Lipinski definition) is 4. The van der Waals surface area contributed by atoms with E-state index < -0.39 is 16.6 Å². The number of aliphatic hydroxyl groups excluding tert-OH is 1. The zero-order chi connectivity index (χ0) is 18.1. The van der Waals surface area contributed by atoms with Crippen LogP contribution < -0.4 is 0 Å². The van der Waals surface area contributed by atoms with Gasteiger partial charge in [-0.05, 0) is 81.0 Å². The van der Waals surface area contributed by atoms with Crippen molar-refractivity contribution in [3.63, 3.8) is 0 Å². The molecule has 25 heavy (non-hydrogen) atoms. The molecule has 4 saturated carbocycles. The SMILES string of the molecule is C[C@]12CCC3C(CC[C@@H]4C[C@@H](O)CC[C@]34C)[C@@]1(O)CC[C@]2(O)CC=O. The van der Waals surface area contributed by atoms with E-state index in [1.165, 1.54) is 0 Å². The average Bonchev–Trinajstić information content (AvgIpc) is 2.77. The molecule has 4 aliphatic rings. The number of carbonyl (C=O) groups excluding carboxylic acids is 1. The molecule has 2 unspecified atom stereocenters. The lowest BCUT2D eigenvalue weighted by molar-refractivity contribution is -0.235. The zero-order valence-electron chi connectivity index (χ0n) is 15.7. The summed E-state index contributed by atoms with van der Waals surface area (Å²) in [6.45, 7) is 4.41. The second-order valence-corrected chi connectivity index (χ2v) is 10.1. The van der Waals surface area contributed by atoms with E-state index in [0.29, 0.717) is 24.7 Å². The van der Waals surface area contributed by atoms with E-state index in [0.717, 1.165) is 51.2 Å². The summed E-state index contributed by atoms with van der Waals surface area (Å²) in [7, 11) is 0. The normalized spacial score (nSPS) is 58.1. The predicted octanol–water partition coefficient (Wildman–Crippen LogP) is 2.83. The van der Waals surface area contributed by atoms with Gasteiger partial charge in [0.15, 0.2) is 0 Å². The highest BCUT2D eigenvalue weighted by Crippen LogP contribution is 2.70. The maximum absolute atomic E-state index is 11.9. The fourth-order valence-corrected chi connectivity index (χ4v) is 7.78. The van der Waals surface area contributed by atoms with Crippen LogP contribution >= 0.6 is 0 Å². The Bertz CT molecular complexity index is 564. The highest BCUT2D eigenvalue weighted by atomic mass is 16.3. The summed E-state index contributed by atoms with van der Waals surface area (Å²) in [5.41, 5.74) is -2.31. The third kappa shape index (κ3) is 2.14. The van der Waals surface area contributed by atoms with Crippen molar-refractivity contribution in [1.29, 1.82) is 0 Å². The van der Waals surface area contributed by atoms with Crippen molar-refractivity contribution < 1.29 is 20.1 Å². The molecule has 0 aromatic carbocycles. The second kappa shape index (κ2) is 5.53. The topological polar surface area (TPSA) is 77.8 Å². The molecule has 4 rings (SSSR count). The van der Waals surface area contributed by atoms with E-state index in [1.54, 1.807) is 0 Å². The Balaban J connectivity index is 1.68. The smallest absolute Gasteiger partial charge is 0.122 e. The van der Waals surface area contributed by atoms with E-state index in [1.807, 2.05) is 6.92 Å². The Kier molecular flexibility index (Phi) is 3.97. The van der Waals surface area contributed by atoms with Crippen LogP contribution in [0.2, 0.25) is 0 Å². The third-order valence-corrected chi connectivity index (χ3v) is 9.56. The van der Waals surface area contributed by atoms with Gasteiger partial charge in [-0.15, -0.1) is 0 Å². The van der Waals surface area contributed by atoms with Crippen LogP contribution in [-0.2, 0) is 4.79 Å². The minimum atomic E-state index is -1.06. The van der Waals surface area contributed by atoms with E-state index in [9.17, 15) is 20.1 Å². The number of rotatable bonds is 2. The van der Waals surface area contributed by atoms with Gasteiger partial charge in [0.25, 0.3) is 0 Å². The van der Waals surface area contributed by atoms with Crippen molar-refractivity contribution in [2.24, 2.45) is 28.6 Å². The Hall–Kier alpha value is -0.450. The Morgan fingerprint density at radius 1 is 0.960 bits per heavy atom. The minimum absolute atomic E-state index is 0.134. The van der Waals surface area contributed by atoms with E-state index in [4.69, 9.17) is 0 Å². The molecule has 4 nitrogen and oxygen atoms in total. The highest BCUT2D eigenvalue weighted by molar-refractivity contribution is 5.52. The molecule has 0 amide bonds. The van der Waals surface area contributed by atoms with Crippen LogP contribution in [0, 0.1) is 28.6 Å². The third-order valence-electron chi connectivity index (χ3n) is 9.56. The van der Waals surface area contributed by atoms with Crippen molar-refractivity contribution in [2.45, 2.75) is 95.4 Å². The first-order valence-electron chi connectivity index (χ1n) is 10.3. The summed E-state index contributed by atoms with van der Waals surface area (Å²) in [6, 6.07) is 0. The Morgan fingerprint density at radius 2 is 1.72 bits per heavy atom. The molecule has 142 valence electrons. The summed E-state index contributed by atoms with van der Waals surface area (Å²) >= 11 is 0. The van der Waals surface area contributed by atoms with Crippen LogP contribution in [0.3, 0.4) is 0 Å². The van der Waals surface area contributed by atoms with Gasteiger partial charge in [0.1, 0.15) is 6.29 Å². The van der Waals surface area contributed by atoms with Crippen molar-refractivity contribution in [3.05, 3.63) is 0 Å². The number of aldehydes is 1. The van der Waals surface area contributed by atoms with Crippen LogP contribution in [-0.4, -0.2) is 38.9 Å². The molecule has 0 spiro atoms. The minimum Gasteiger partial charge on any atom is -0.393 e. The van der Waals surface area contributed by atoms with Gasteiger partial charge >= 0.3 is 0 Å². The van der Waals surface area contributed by atoms with Crippen molar-refractivity contribution in [1.82, 2.24) is 0 Å². The van der Waals surface area contributed by atoms with E-state index in [-0.39, 0.29) is 23.9 Å². The molecule has 0 aromatic heterocycles. The van der Waals surface area contributed by atoms with Gasteiger partial charge in [-0.3, -0.25) is 0 Å². The molecule has 3 N–H and O–H groups in total. The van der Waals surface area contributed by atoms with E-state index >= 15 is 0 Å². The summed E-state index contributed by atoms with van der Waals surface area (Å²) in [5.74, 6) is 1.24. The molecular formula is C21H34O4. The number of aliphatic hydroxyl groups is 3. The largest absolute Gasteiger partial charge is 0.393 e. The first-order valence-corrected chi connectivity index (χ1v) is 10.3. The van der Waals surface area contributed by atoms with E-state index in [2.05, 4.69) is 6.92 Å². The lowest BCUT2D eigenvalue weighted by atomic mass is 9.43. The first kappa shape index (κ1) is 17.9.